The average Bonchev–Trinajstić information content (AvgIpc) is 3.18. The van der Waals surface area contributed by atoms with Crippen molar-refractivity contribution in [3.8, 4) is 0 Å². The predicted molar refractivity (Wildman–Crippen MR) is 247 cm³/mol. The van der Waals surface area contributed by atoms with Gasteiger partial charge in [0.15, 0.2) is 6.10 Å². The van der Waals surface area contributed by atoms with Gasteiger partial charge >= 0.3 is 17.9 Å². The molecule has 0 spiro atoms. The number of carbonyl (C=O) groups is 3. The van der Waals surface area contributed by atoms with Gasteiger partial charge in [-0.3, -0.25) is 14.4 Å². The van der Waals surface area contributed by atoms with Crippen molar-refractivity contribution in [2.24, 2.45) is 17.8 Å². The summed E-state index contributed by atoms with van der Waals surface area (Å²) in [5.74, 6) is 1.60. The topological polar surface area (TPSA) is 78.9 Å². The van der Waals surface area contributed by atoms with Crippen molar-refractivity contribution in [2.75, 3.05) is 13.2 Å². The maximum atomic E-state index is 12.8. The summed E-state index contributed by atoms with van der Waals surface area (Å²) in [6, 6.07) is 0. The van der Waals surface area contributed by atoms with Crippen LogP contribution < -0.4 is 0 Å². The number of ether oxygens (including phenoxy) is 3. The average molecular weight is 821 g/mol. The summed E-state index contributed by atoms with van der Waals surface area (Å²) in [4.78, 5) is 37.9. The highest BCUT2D eigenvalue weighted by Crippen LogP contribution is 2.17. The Kier molecular flexibility index (Phi) is 42.3. The molecule has 6 heteroatoms. The van der Waals surface area contributed by atoms with Crippen molar-refractivity contribution >= 4 is 17.9 Å². The third kappa shape index (κ3) is 45.5. The van der Waals surface area contributed by atoms with E-state index >= 15 is 0 Å². The third-order valence-electron chi connectivity index (χ3n) is 11.6. The van der Waals surface area contributed by atoms with Crippen LogP contribution in [0, 0.1) is 17.8 Å². The minimum atomic E-state index is -0.763. The quantitative estimate of drug-likeness (QED) is 0.0346. The molecule has 0 N–H and O–H groups in total. The summed E-state index contributed by atoms with van der Waals surface area (Å²) in [5.41, 5.74) is 0. The number of hydrogen-bond acceptors (Lipinski definition) is 6. The van der Waals surface area contributed by atoms with E-state index in [0.717, 1.165) is 75.5 Å². The van der Waals surface area contributed by atoms with Gasteiger partial charge < -0.3 is 14.2 Å². The Morgan fingerprint density at radius 1 is 0.293 bits per heavy atom. The Balaban J connectivity index is 4.30. The van der Waals surface area contributed by atoms with Crippen LogP contribution in [0.15, 0.2) is 0 Å². The van der Waals surface area contributed by atoms with E-state index in [4.69, 9.17) is 14.2 Å². The van der Waals surface area contributed by atoms with Crippen molar-refractivity contribution in [1.29, 1.82) is 0 Å². The molecule has 0 unspecified atom stereocenters. The fourth-order valence-electron chi connectivity index (χ4n) is 7.76. The molecule has 0 aromatic carbocycles. The second-order valence-electron chi connectivity index (χ2n) is 19.2. The molecule has 58 heavy (non-hydrogen) atoms. The van der Waals surface area contributed by atoms with Crippen LogP contribution in [0.25, 0.3) is 0 Å². The molecule has 0 aromatic rings. The molecular formula is C52H100O6. The van der Waals surface area contributed by atoms with Crippen LogP contribution in [0.4, 0.5) is 0 Å². The molecule has 0 aliphatic heterocycles. The Bertz CT molecular complexity index is 898. The smallest absolute Gasteiger partial charge is 0.306 e. The molecule has 0 saturated heterocycles. The summed E-state index contributed by atoms with van der Waals surface area (Å²) in [7, 11) is 0. The minimum Gasteiger partial charge on any atom is -0.462 e. The van der Waals surface area contributed by atoms with E-state index in [1.165, 1.54) is 161 Å². The van der Waals surface area contributed by atoms with Gasteiger partial charge in [-0.2, -0.15) is 0 Å². The highest BCUT2D eigenvalue weighted by Gasteiger charge is 2.19. The van der Waals surface area contributed by atoms with E-state index in [1.54, 1.807) is 0 Å². The molecule has 0 saturated carbocycles. The highest BCUT2D eigenvalue weighted by molar-refractivity contribution is 5.71. The van der Waals surface area contributed by atoms with Gasteiger partial charge in [-0.15, -0.1) is 0 Å². The fraction of sp³-hybridized carbons (Fsp3) is 0.942. The number of unbranched alkanes of at least 4 members (excludes halogenated alkanes) is 28. The van der Waals surface area contributed by atoms with Crippen LogP contribution in [0.5, 0.6) is 0 Å². The lowest BCUT2D eigenvalue weighted by atomic mass is 10.0. The van der Waals surface area contributed by atoms with E-state index in [1.807, 2.05) is 0 Å². The van der Waals surface area contributed by atoms with Crippen LogP contribution >= 0.6 is 0 Å². The first kappa shape index (κ1) is 56.4. The molecule has 6 nitrogen and oxygen atoms in total. The van der Waals surface area contributed by atoms with Gasteiger partial charge in [0.25, 0.3) is 0 Å². The zero-order valence-corrected chi connectivity index (χ0v) is 39.8. The molecule has 0 fully saturated rings. The third-order valence-corrected chi connectivity index (χ3v) is 11.6. The van der Waals surface area contributed by atoms with Crippen molar-refractivity contribution in [2.45, 2.75) is 285 Å². The molecule has 0 heterocycles. The van der Waals surface area contributed by atoms with Crippen LogP contribution in [-0.4, -0.2) is 37.2 Å². The van der Waals surface area contributed by atoms with Gasteiger partial charge in [0, 0.05) is 19.3 Å². The molecule has 0 bridgehead atoms. The van der Waals surface area contributed by atoms with E-state index < -0.39 is 6.10 Å². The van der Waals surface area contributed by atoms with E-state index in [-0.39, 0.29) is 31.1 Å². The second kappa shape index (κ2) is 43.5. The van der Waals surface area contributed by atoms with Crippen molar-refractivity contribution in [3.05, 3.63) is 0 Å². The molecule has 0 aliphatic rings. The number of esters is 3. The van der Waals surface area contributed by atoms with Crippen molar-refractivity contribution < 1.29 is 28.6 Å². The fourth-order valence-corrected chi connectivity index (χ4v) is 7.76. The Hall–Kier alpha value is -1.59. The Morgan fingerprint density at radius 3 is 0.741 bits per heavy atom. The lowest BCUT2D eigenvalue weighted by Crippen LogP contribution is -2.30. The molecule has 0 radical (unpaired) electrons. The zero-order valence-electron chi connectivity index (χ0n) is 39.8. The Labute approximate surface area is 361 Å². The summed E-state index contributed by atoms with van der Waals surface area (Å²) >= 11 is 0. The molecule has 0 amide bonds. The van der Waals surface area contributed by atoms with E-state index in [2.05, 4.69) is 41.5 Å². The first-order valence-electron chi connectivity index (χ1n) is 25.6. The lowest BCUT2D eigenvalue weighted by molar-refractivity contribution is -0.167. The van der Waals surface area contributed by atoms with Crippen LogP contribution in [0.3, 0.4) is 0 Å². The standard InChI is InChI=1S/C52H100O6/c1-46(2)38-32-26-20-14-10-7-8-12-16-23-29-35-41-50(53)56-44-49(58-52(55)43-37-31-25-19-18-22-28-34-40-48(5)6)45-57-51(54)42-36-30-24-17-13-9-11-15-21-27-33-39-47(3)4/h46-49H,7-45H2,1-6H3/t49-/m0/s1. The monoisotopic (exact) mass is 821 g/mol. The number of rotatable bonds is 45. The first-order chi connectivity index (χ1) is 28.1. The Morgan fingerprint density at radius 2 is 0.500 bits per heavy atom. The van der Waals surface area contributed by atoms with Gasteiger partial charge in [-0.1, -0.05) is 241 Å². The zero-order chi connectivity index (χ0) is 42.7. The normalized spacial score (nSPS) is 12.2. The lowest BCUT2D eigenvalue weighted by Gasteiger charge is -2.18. The highest BCUT2D eigenvalue weighted by atomic mass is 16.6. The first-order valence-corrected chi connectivity index (χ1v) is 25.6. The summed E-state index contributed by atoms with van der Waals surface area (Å²) < 4.78 is 16.8. The summed E-state index contributed by atoms with van der Waals surface area (Å²) in [6.07, 6.45) is 42.4. The second-order valence-corrected chi connectivity index (χ2v) is 19.2. The molecule has 0 rings (SSSR count). The van der Waals surface area contributed by atoms with Gasteiger partial charge in [-0.25, -0.2) is 0 Å². The SMILES string of the molecule is CC(C)CCCCCCCCCCCCCCC(=O)OC[C@@H](COC(=O)CCCCCCCCCCCCCC(C)C)OC(=O)CCCCCCCCCCC(C)C. The maximum Gasteiger partial charge on any atom is 0.306 e. The molecule has 0 aliphatic carbocycles. The van der Waals surface area contributed by atoms with Gasteiger partial charge in [0.2, 0.25) is 0 Å². The van der Waals surface area contributed by atoms with Gasteiger partial charge in [-0.05, 0) is 37.0 Å². The number of carbonyl (C=O) groups excluding carboxylic acids is 3. The van der Waals surface area contributed by atoms with Gasteiger partial charge in [0.1, 0.15) is 13.2 Å². The van der Waals surface area contributed by atoms with Crippen LogP contribution in [-0.2, 0) is 28.6 Å². The van der Waals surface area contributed by atoms with Crippen molar-refractivity contribution in [3.63, 3.8) is 0 Å². The molecule has 0 aromatic heterocycles. The number of hydrogen-bond donors (Lipinski definition) is 0. The molecular weight excluding hydrogens is 721 g/mol. The summed E-state index contributed by atoms with van der Waals surface area (Å²) in [5, 5.41) is 0. The molecule has 344 valence electrons. The van der Waals surface area contributed by atoms with Crippen molar-refractivity contribution in [1.82, 2.24) is 0 Å². The predicted octanol–water partition coefficient (Wildman–Crippen LogP) is 16.4. The molecule has 1 atom stereocenters. The van der Waals surface area contributed by atoms with Gasteiger partial charge in [0.05, 0.1) is 0 Å². The van der Waals surface area contributed by atoms with E-state index in [0.29, 0.717) is 19.3 Å². The van der Waals surface area contributed by atoms with Crippen LogP contribution in [0.1, 0.15) is 279 Å². The minimum absolute atomic E-state index is 0.0651. The van der Waals surface area contributed by atoms with Crippen LogP contribution in [0.2, 0.25) is 0 Å². The van der Waals surface area contributed by atoms with E-state index in [9.17, 15) is 14.4 Å². The summed E-state index contributed by atoms with van der Waals surface area (Å²) in [6.45, 7) is 13.7. The largest absolute Gasteiger partial charge is 0.462 e. The maximum absolute atomic E-state index is 12.8.